The van der Waals surface area contributed by atoms with Crippen LogP contribution < -0.4 is 5.32 Å². The summed E-state index contributed by atoms with van der Waals surface area (Å²) >= 11 is 0. The second kappa shape index (κ2) is 7.47. The Morgan fingerprint density at radius 2 is 2.35 bits per heavy atom. The Balaban J connectivity index is 1.79. The molecule has 0 saturated heterocycles. The van der Waals surface area contributed by atoms with E-state index in [1.54, 1.807) is 0 Å². The predicted octanol–water partition coefficient (Wildman–Crippen LogP) is 2.27. The summed E-state index contributed by atoms with van der Waals surface area (Å²) in [5.74, 6) is 5.11. The highest BCUT2D eigenvalue weighted by Gasteiger charge is 2.24. The van der Waals surface area contributed by atoms with Gasteiger partial charge >= 0.3 is 0 Å². The van der Waals surface area contributed by atoms with E-state index in [1.165, 1.54) is 12.8 Å². The van der Waals surface area contributed by atoms with Crippen LogP contribution >= 0.6 is 0 Å². The molecule has 0 atom stereocenters. The lowest BCUT2D eigenvalue weighted by Crippen LogP contribution is -2.25. The van der Waals surface area contributed by atoms with Crippen molar-refractivity contribution in [2.24, 2.45) is 11.8 Å². The number of nitrogens with one attached hydrogen (secondary N) is 1. The minimum Gasteiger partial charge on any atom is -0.360 e. The summed E-state index contributed by atoms with van der Waals surface area (Å²) in [6.45, 7) is 8.65. The van der Waals surface area contributed by atoms with Gasteiger partial charge < -0.3 is 9.84 Å². The first-order chi connectivity index (χ1) is 9.67. The molecule has 1 aliphatic rings. The van der Waals surface area contributed by atoms with E-state index in [0.29, 0.717) is 12.5 Å². The van der Waals surface area contributed by atoms with Gasteiger partial charge in [-0.15, -0.1) is 6.42 Å². The number of rotatable bonds is 9. The first-order valence-corrected chi connectivity index (χ1v) is 7.48. The van der Waals surface area contributed by atoms with Gasteiger partial charge in [0.1, 0.15) is 0 Å². The first kappa shape index (κ1) is 15.1. The SMILES string of the molecule is C#CCN(Cc1cc(CNCC(C)C)no1)CC1CC1. The van der Waals surface area contributed by atoms with Crippen molar-refractivity contribution in [2.75, 3.05) is 19.6 Å². The minimum atomic E-state index is 0.644. The van der Waals surface area contributed by atoms with Crippen LogP contribution in [-0.4, -0.2) is 29.7 Å². The molecule has 1 heterocycles. The molecule has 4 nitrogen and oxygen atoms in total. The van der Waals surface area contributed by atoms with Gasteiger partial charge in [0.15, 0.2) is 5.76 Å². The van der Waals surface area contributed by atoms with Crippen molar-refractivity contribution in [3.8, 4) is 12.3 Å². The molecule has 0 unspecified atom stereocenters. The van der Waals surface area contributed by atoms with Gasteiger partial charge in [-0.05, 0) is 31.2 Å². The van der Waals surface area contributed by atoms with Crippen LogP contribution in [0.4, 0.5) is 0 Å². The second-order valence-electron chi connectivity index (χ2n) is 6.13. The van der Waals surface area contributed by atoms with E-state index < -0.39 is 0 Å². The van der Waals surface area contributed by atoms with Gasteiger partial charge in [-0.2, -0.15) is 0 Å². The van der Waals surface area contributed by atoms with Crippen LogP contribution in [0.5, 0.6) is 0 Å². The Labute approximate surface area is 121 Å². The van der Waals surface area contributed by atoms with Crippen LogP contribution in [0.15, 0.2) is 10.6 Å². The molecule has 110 valence electrons. The van der Waals surface area contributed by atoms with Gasteiger partial charge in [-0.1, -0.05) is 24.9 Å². The number of hydrogen-bond donors (Lipinski definition) is 1. The third kappa shape index (κ3) is 5.36. The largest absolute Gasteiger partial charge is 0.360 e. The molecule has 4 heteroatoms. The topological polar surface area (TPSA) is 41.3 Å². The van der Waals surface area contributed by atoms with Crippen LogP contribution in [0.2, 0.25) is 0 Å². The zero-order valence-corrected chi connectivity index (χ0v) is 12.6. The van der Waals surface area contributed by atoms with E-state index >= 15 is 0 Å². The number of terminal acetylenes is 1. The highest BCUT2D eigenvalue weighted by Crippen LogP contribution is 2.30. The summed E-state index contributed by atoms with van der Waals surface area (Å²) in [6.07, 6.45) is 8.10. The van der Waals surface area contributed by atoms with Crippen LogP contribution in [0.3, 0.4) is 0 Å². The molecule has 0 bridgehead atoms. The van der Waals surface area contributed by atoms with Crippen molar-refractivity contribution < 1.29 is 4.52 Å². The van der Waals surface area contributed by atoms with Crippen molar-refractivity contribution in [1.29, 1.82) is 0 Å². The zero-order valence-electron chi connectivity index (χ0n) is 12.6. The third-order valence-corrected chi connectivity index (χ3v) is 3.37. The molecule has 0 amide bonds. The fourth-order valence-electron chi connectivity index (χ4n) is 2.20. The normalized spacial score (nSPS) is 14.9. The Morgan fingerprint density at radius 3 is 3.00 bits per heavy atom. The molecule has 0 aliphatic heterocycles. The summed E-state index contributed by atoms with van der Waals surface area (Å²) in [5.41, 5.74) is 0.965. The molecular weight excluding hydrogens is 250 g/mol. The fraction of sp³-hybridized carbons (Fsp3) is 0.688. The summed E-state index contributed by atoms with van der Waals surface area (Å²) in [4.78, 5) is 2.27. The Kier molecular flexibility index (Phi) is 5.63. The smallest absolute Gasteiger partial charge is 0.151 e. The molecule has 0 spiro atoms. The van der Waals surface area contributed by atoms with E-state index in [-0.39, 0.29) is 0 Å². The Hall–Kier alpha value is -1.31. The molecular formula is C16H25N3O. The third-order valence-electron chi connectivity index (χ3n) is 3.37. The number of hydrogen-bond acceptors (Lipinski definition) is 4. The summed E-state index contributed by atoms with van der Waals surface area (Å²) in [7, 11) is 0. The molecule has 0 aromatic carbocycles. The van der Waals surface area contributed by atoms with Gasteiger partial charge in [0, 0.05) is 19.2 Å². The van der Waals surface area contributed by atoms with Crippen LogP contribution in [0, 0.1) is 24.2 Å². The zero-order chi connectivity index (χ0) is 14.4. The van der Waals surface area contributed by atoms with Gasteiger partial charge in [0.05, 0.1) is 18.8 Å². The molecule has 1 aromatic rings. The molecule has 1 N–H and O–H groups in total. The molecule has 1 saturated carbocycles. The Morgan fingerprint density at radius 1 is 1.55 bits per heavy atom. The van der Waals surface area contributed by atoms with E-state index in [2.05, 4.69) is 35.1 Å². The monoisotopic (exact) mass is 275 g/mol. The van der Waals surface area contributed by atoms with Crippen molar-refractivity contribution >= 4 is 0 Å². The maximum atomic E-state index is 5.43. The lowest BCUT2D eigenvalue weighted by Gasteiger charge is -2.17. The fourth-order valence-corrected chi connectivity index (χ4v) is 2.20. The molecule has 1 fully saturated rings. The van der Waals surface area contributed by atoms with Crippen molar-refractivity contribution in [3.05, 3.63) is 17.5 Å². The maximum absolute atomic E-state index is 5.43. The van der Waals surface area contributed by atoms with E-state index in [4.69, 9.17) is 10.9 Å². The highest BCUT2D eigenvalue weighted by atomic mass is 16.5. The van der Waals surface area contributed by atoms with Crippen molar-refractivity contribution in [1.82, 2.24) is 15.4 Å². The van der Waals surface area contributed by atoms with Gasteiger partial charge in [0.2, 0.25) is 0 Å². The summed E-state index contributed by atoms with van der Waals surface area (Å²) < 4.78 is 5.40. The van der Waals surface area contributed by atoms with Gasteiger partial charge in [-0.25, -0.2) is 0 Å². The Bertz CT molecular complexity index is 443. The lowest BCUT2D eigenvalue weighted by molar-refractivity contribution is 0.245. The maximum Gasteiger partial charge on any atom is 0.151 e. The predicted molar refractivity (Wildman–Crippen MR) is 79.9 cm³/mol. The van der Waals surface area contributed by atoms with Crippen LogP contribution in [0.25, 0.3) is 0 Å². The quantitative estimate of drug-likeness (QED) is 0.702. The van der Waals surface area contributed by atoms with E-state index in [9.17, 15) is 0 Å². The molecule has 20 heavy (non-hydrogen) atoms. The molecule has 0 radical (unpaired) electrons. The van der Waals surface area contributed by atoms with E-state index in [1.807, 2.05) is 6.07 Å². The first-order valence-electron chi connectivity index (χ1n) is 7.48. The second-order valence-corrected chi connectivity index (χ2v) is 6.13. The molecule has 1 aromatic heterocycles. The average molecular weight is 275 g/mol. The van der Waals surface area contributed by atoms with Crippen molar-refractivity contribution in [3.63, 3.8) is 0 Å². The average Bonchev–Trinajstić information content (AvgIpc) is 3.09. The standard InChI is InChI=1S/C16H25N3O/c1-4-7-19(11-14-5-6-14)12-16-8-15(18-20-16)10-17-9-13(2)3/h1,8,13-14,17H,5-7,9-12H2,2-3H3. The van der Waals surface area contributed by atoms with Crippen LogP contribution in [-0.2, 0) is 13.1 Å². The highest BCUT2D eigenvalue weighted by molar-refractivity contribution is 5.06. The molecule has 1 aliphatic carbocycles. The van der Waals surface area contributed by atoms with Gasteiger partial charge in [-0.3, -0.25) is 4.90 Å². The van der Waals surface area contributed by atoms with Gasteiger partial charge in [0.25, 0.3) is 0 Å². The molecule has 2 rings (SSSR count). The van der Waals surface area contributed by atoms with E-state index in [0.717, 1.165) is 43.6 Å². The number of nitrogens with zero attached hydrogens (tertiary/aromatic N) is 2. The summed E-state index contributed by atoms with van der Waals surface area (Å²) in [6, 6.07) is 2.03. The van der Waals surface area contributed by atoms with Crippen molar-refractivity contribution in [2.45, 2.75) is 39.8 Å². The number of aromatic nitrogens is 1. The minimum absolute atomic E-state index is 0.644. The van der Waals surface area contributed by atoms with Crippen LogP contribution in [0.1, 0.15) is 38.1 Å². The summed E-state index contributed by atoms with van der Waals surface area (Å²) in [5, 5.41) is 7.47. The lowest BCUT2D eigenvalue weighted by atomic mass is 10.2.